The average Bonchev–Trinajstić information content (AvgIpc) is 2.70. The Hall–Kier alpha value is -2.38. The van der Waals surface area contributed by atoms with Gasteiger partial charge in [0.2, 0.25) is 0 Å². The van der Waals surface area contributed by atoms with Gasteiger partial charge in [-0.3, -0.25) is 0 Å². The molecule has 0 aliphatic carbocycles. The molecule has 0 aliphatic rings. The molecule has 164 valence electrons. The van der Waals surface area contributed by atoms with Gasteiger partial charge < -0.3 is 18.1 Å². The molecule has 3 rings (SSSR count). The van der Waals surface area contributed by atoms with Gasteiger partial charge in [-0.25, -0.2) is 0 Å². The van der Waals surface area contributed by atoms with Gasteiger partial charge in [0, 0.05) is 0 Å². The smallest absolute Gasteiger partial charge is 0.678 e. The number of allylic oxidation sites excluding steroid dienone is 1. The van der Waals surface area contributed by atoms with Crippen molar-refractivity contribution in [3.8, 4) is 0 Å². The van der Waals surface area contributed by atoms with Gasteiger partial charge in [0.05, 0.1) is 0 Å². The maximum absolute atomic E-state index is 4.85. The second-order valence-corrected chi connectivity index (χ2v) is 7.43. The van der Waals surface area contributed by atoms with E-state index in [2.05, 4.69) is 77.1 Å². The van der Waals surface area contributed by atoms with E-state index in [0.717, 1.165) is 17.1 Å². The summed E-state index contributed by atoms with van der Waals surface area (Å²) in [7, 11) is 0. The minimum Gasteiger partial charge on any atom is -0.678 e. The van der Waals surface area contributed by atoms with Gasteiger partial charge in [-0.05, 0) is 27.7 Å². The van der Waals surface area contributed by atoms with Gasteiger partial charge in [0.15, 0.2) is 0 Å². The van der Waals surface area contributed by atoms with E-state index in [-0.39, 0.29) is 32.9 Å². The van der Waals surface area contributed by atoms with Crippen molar-refractivity contribution in [3.05, 3.63) is 125 Å². The van der Waals surface area contributed by atoms with Gasteiger partial charge in [-0.15, -0.1) is 23.5 Å². The van der Waals surface area contributed by atoms with Crippen LogP contribution in [0.5, 0.6) is 0 Å². The summed E-state index contributed by atoms with van der Waals surface area (Å²) in [4.78, 5) is 0. The summed E-state index contributed by atoms with van der Waals surface area (Å²) in [6, 6.07) is 24.7. The van der Waals surface area contributed by atoms with Crippen molar-refractivity contribution >= 4 is 11.4 Å². The quantitative estimate of drug-likeness (QED) is 0.247. The molecule has 0 amide bonds. The zero-order valence-electron chi connectivity index (χ0n) is 19.8. The van der Waals surface area contributed by atoms with Crippen LogP contribution >= 0.6 is 0 Å². The van der Waals surface area contributed by atoms with Crippen LogP contribution in [-0.2, 0) is 19.5 Å². The fraction of sp³-hybridized carbons (Fsp3) is 0.250. The molecule has 0 saturated heterocycles. The molecule has 0 N–H and O–H groups in total. The zero-order valence-corrected chi connectivity index (χ0v) is 21.6. The minimum atomic E-state index is 0. The first-order valence-electron chi connectivity index (χ1n) is 10.1. The number of hydrogen-bond donors (Lipinski definition) is 0. The first kappa shape index (κ1) is 28.6. The Morgan fingerprint density at radius 2 is 1.03 bits per heavy atom. The van der Waals surface area contributed by atoms with Crippen LogP contribution in [0.3, 0.4) is 0 Å². The summed E-state index contributed by atoms with van der Waals surface area (Å²) in [6.07, 6.45) is 2.12. The summed E-state index contributed by atoms with van der Waals surface area (Å²) in [5.74, 6) is 0. The van der Waals surface area contributed by atoms with Crippen molar-refractivity contribution in [3.63, 3.8) is 0 Å². The number of benzene rings is 3. The van der Waals surface area contributed by atoms with Crippen LogP contribution in [0.15, 0.2) is 84.6 Å². The molecule has 1 unspecified atom stereocenters. The van der Waals surface area contributed by atoms with E-state index < -0.39 is 0 Å². The molecular formula is C28H35N2Ru+. The molecule has 31 heavy (non-hydrogen) atoms. The third kappa shape index (κ3) is 9.53. The van der Waals surface area contributed by atoms with Crippen molar-refractivity contribution in [2.75, 3.05) is 0 Å². The van der Waals surface area contributed by atoms with Crippen LogP contribution in [0.25, 0.3) is 10.6 Å². The topological polar surface area (TPSA) is 28.2 Å². The van der Waals surface area contributed by atoms with E-state index in [1.165, 1.54) is 22.3 Å². The van der Waals surface area contributed by atoms with Gasteiger partial charge in [-0.1, -0.05) is 109 Å². The van der Waals surface area contributed by atoms with Crippen LogP contribution in [0, 0.1) is 35.1 Å². The van der Waals surface area contributed by atoms with E-state index in [9.17, 15) is 0 Å². The van der Waals surface area contributed by atoms with E-state index in [1.807, 2.05) is 43.3 Å². The van der Waals surface area contributed by atoms with Gasteiger partial charge in [0.25, 0.3) is 0 Å². The van der Waals surface area contributed by atoms with Crippen molar-refractivity contribution in [1.82, 2.24) is 0 Å². The molecule has 3 aromatic carbocycles. The van der Waals surface area contributed by atoms with E-state index in [1.54, 1.807) is 0 Å². The van der Waals surface area contributed by atoms with Gasteiger partial charge in [0.1, 0.15) is 0 Å². The number of hydrogen-bond acceptors (Lipinski definition) is 0. The first-order valence-corrected chi connectivity index (χ1v) is 10.1. The summed E-state index contributed by atoms with van der Waals surface area (Å²) in [5, 5.41) is 9.63. The molecule has 1 atom stereocenters. The van der Waals surface area contributed by atoms with Crippen molar-refractivity contribution in [2.45, 2.75) is 47.6 Å². The molecule has 0 spiro atoms. The van der Waals surface area contributed by atoms with E-state index >= 15 is 0 Å². The first-order chi connectivity index (χ1) is 13.9. The number of aryl methyl sites for hydroxylation is 4. The number of rotatable bonds is 5. The molecule has 3 aromatic rings. The Kier molecular flexibility index (Phi) is 13.5. The third-order valence-electron chi connectivity index (χ3n) is 4.65. The second kappa shape index (κ2) is 14.6. The molecule has 2 nitrogen and oxygen atoms in total. The molecule has 0 aliphatic heterocycles. The molecule has 0 saturated carbocycles. The van der Waals surface area contributed by atoms with Crippen LogP contribution in [0.2, 0.25) is 0 Å². The zero-order chi connectivity index (χ0) is 21.2. The second-order valence-electron chi connectivity index (χ2n) is 7.43. The Labute approximate surface area is 203 Å². The fourth-order valence-corrected chi connectivity index (χ4v) is 3.18. The summed E-state index contributed by atoms with van der Waals surface area (Å²) >= 11 is 0. The summed E-state index contributed by atoms with van der Waals surface area (Å²) in [5.41, 5.74) is 8.01. The van der Waals surface area contributed by atoms with Crippen LogP contribution in [-0.4, -0.2) is 6.04 Å². The van der Waals surface area contributed by atoms with E-state index in [4.69, 9.17) is 10.6 Å². The normalized spacial score (nSPS) is 11.1. The molecule has 0 radical (unpaired) electrons. The summed E-state index contributed by atoms with van der Waals surface area (Å²) in [6.45, 7) is 12.6. The maximum atomic E-state index is 4.85. The predicted molar refractivity (Wildman–Crippen MR) is 134 cm³/mol. The molecule has 0 aromatic heterocycles. The Morgan fingerprint density at radius 1 is 0.677 bits per heavy atom. The molecule has 0 bridgehead atoms. The summed E-state index contributed by atoms with van der Waals surface area (Å²) < 4.78 is 0. The monoisotopic (exact) mass is 501 g/mol. The Bertz CT molecular complexity index is 866. The molecule has 3 heteroatoms. The van der Waals surface area contributed by atoms with Crippen LogP contribution in [0.1, 0.15) is 36.1 Å². The number of para-hydroxylation sites is 2. The van der Waals surface area contributed by atoms with Crippen LogP contribution in [0.4, 0.5) is 11.4 Å². The standard InChI is InChI=1S/C21H26N2.C6H6.CH3.Ru/c1-14-9-7-10-15(2)20(14)22-18(5)13-19(6)23-21-16(3)11-8-12-17(21)4;1-2-4-6-5-3-1;;/h7-13,18H,1-6H3;1-6H;1H3;/q-2;;-1;+4. The molecular weight excluding hydrogens is 465 g/mol. The largest absolute Gasteiger partial charge is 4.00 e. The predicted octanol–water partition coefficient (Wildman–Crippen LogP) is 9.06. The Balaban J connectivity index is 0.000000972. The average molecular weight is 501 g/mol. The van der Waals surface area contributed by atoms with Crippen molar-refractivity contribution in [2.24, 2.45) is 0 Å². The fourth-order valence-electron chi connectivity index (χ4n) is 3.18. The van der Waals surface area contributed by atoms with Gasteiger partial charge in [-0.2, -0.15) is 5.70 Å². The van der Waals surface area contributed by atoms with Crippen molar-refractivity contribution < 1.29 is 19.5 Å². The maximum Gasteiger partial charge on any atom is 4.00 e. The Morgan fingerprint density at radius 3 is 1.42 bits per heavy atom. The van der Waals surface area contributed by atoms with Gasteiger partial charge >= 0.3 is 19.5 Å². The third-order valence-corrected chi connectivity index (χ3v) is 4.65. The molecule has 0 fully saturated rings. The SMILES string of the molecule is CC(=CC(C)[N-]c1c(C)cccc1C)[N-]c1c(C)cccc1C.[CH3-].[Ru+4].c1ccccc1. The van der Waals surface area contributed by atoms with Crippen LogP contribution < -0.4 is 0 Å². The van der Waals surface area contributed by atoms with Crippen molar-refractivity contribution in [1.29, 1.82) is 0 Å². The molecule has 0 heterocycles. The van der Waals surface area contributed by atoms with E-state index in [0.29, 0.717) is 0 Å². The minimum absolute atomic E-state index is 0. The number of nitrogens with zero attached hydrogens (tertiary/aromatic N) is 2.